The van der Waals surface area contributed by atoms with E-state index < -0.39 is 12.0 Å². The van der Waals surface area contributed by atoms with Crippen molar-refractivity contribution in [1.82, 2.24) is 35.4 Å². The summed E-state index contributed by atoms with van der Waals surface area (Å²) in [6, 6.07) is 1.82. The number of rotatable bonds is 6. The first-order chi connectivity index (χ1) is 14.3. The van der Waals surface area contributed by atoms with Crippen molar-refractivity contribution in [2.24, 2.45) is 0 Å². The lowest BCUT2D eigenvalue weighted by Crippen LogP contribution is -2.53. The van der Waals surface area contributed by atoms with E-state index >= 15 is 0 Å². The van der Waals surface area contributed by atoms with Crippen LogP contribution in [-0.2, 0) is 0 Å². The predicted molar refractivity (Wildman–Crippen MR) is 108 cm³/mol. The van der Waals surface area contributed by atoms with Gasteiger partial charge in [-0.3, -0.25) is 14.5 Å². The minimum atomic E-state index is -2.43. The molecule has 3 aromatic rings. The molecule has 1 aliphatic rings. The van der Waals surface area contributed by atoms with E-state index in [0.717, 1.165) is 31.1 Å². The number of pyridine rings is 1. The van der Waals surface area contributed by atoms with Gasteiger partial charge in [-0.25, -0.2) is 18.7 Å². The average molecular weight is 417 g/mol. The van der Waals surface area contributed by atoms with Crippen LogP contribution in [0, 0.1) is 0 Å². The fourth-order valence-corrected chi connectivity index (χ4v) is 3.85. The number of amides is 1. The molecule has 10 heteroatoms. The van der Waals surface area contributed by atoms with E-state index in [1.54, 1.807) is 29.5 Å². The van der Waals surface area contributed by atoms with Gasteiger partial charge in [0, 0.05) is 29.9 Å². The largest absolute Gasteiger partial charge is 0.348 e. The van der Waals surface area contributed by atoms with E-state index in [4.69, 9.17) is 0 Å². The Bertz CT molecular complexity index is 1010. The molecule has 0 bridgehead atoms. The lowest BCUT2D eigenvalue weighted by atomic mass is 9.89. The Morgan fingerprint density at radius 1 is 1.27 bits per heavy atom. The molecule has 0 aromatic carbocycles. The van der Waals surface area contributed by atoms with Crippen molar-refractivity contribution in [2.45, 2.75) is 63.6 Å². The van der Waals surface area contributed by atoms with Gasteiger partial charge in [-0.05, 0) is 45.6 Å². The number of carbonyl (C=O) groups is 1. The number of hydrogen-bond donors (Lipinski definition) is 3. The summed E-state index contributed by atoms with van der Waals surface area (Å²) in [5.41, 5.74) is -0.372. The number of halogens is 2. The number of hydrogen-bond acceptors (Lipinski definition) is 5. The molecule has 3 N–H and O–H groups in total. The fraction of sp³-hybridized carbons (Fsp3) is 0.500. The van der Waals surface area contributed by atoms with Crippen LogP contribution in [-0.4, -0.2) is 54.7 Å². The second-order valence-corrected chi connectivity index (χ2v) is 8.32. The van der Waals surface area contributed by atoms with Gasteiger partial charge in [0.05, 0.1) is 17.3 Å². The number of nitrogens with zero attached hydrogens (tertiary/aromatic N) is 4. The Morgan fingerprint density at radius 2 is 2.00 bits per heavy atom. The summed E-state index contributed by atoms with van der Waals surface area (Å²) in [5, 5.41) is 13.7. The zero-order chi connectivity index (χ0) is 21.3. The third-order valence-corrected chi connectivity index (χ3v) is 5.58. The molecule has 1 amide bonds. The first-order valence-electron chi connectivity index (χ1n) is 10.0. The number of fused-ring (bicyclic) bond motifs is 1. The highest BCUT2D eigenvalue weighted by atomic mass is 19.3. The van der Waals surface area contributed by atoms with Crippen LogP contribution < -0.4 is 10.6 Å². The summed E-state index contributed by atoms with van der Waals surface area (Å²) in [6.07, 6.45) is 7.12. The van der Waals surface area contributed by atoms with E-state index in [1.807, 2.05) is 6.07 Å². The van der Waals surface area contributed by atoms with Gasteiger partial charge in [-0.1, -0.05) is 0 Å². The van der Waals surface area contributed by atoms with Crippen molar-refractivity contribution in [3.05, 3.63) is 36.7 Å². The maximum atomic E-state index is 13.1. The molecular formula is C20H25F2N7O. The standard InChI is InChI=1S/C20H25F2N7O/c1-20(2,19(21)22)27-14-5-3-13(4-6-14)25-18(30)17-16-12(10-24-28-16)9-15(26-17)29-8-7-23-11-29/h7-11,13-14,19,27H,3-6H2,1-2H3,(H,24,28)(H,25,30)/t13-,14-. The number of nitrogens with one attached hydrogen (secondary N) is 3. The lowest BCUT2D eigenvalue weighted by Gasteiger charge is -2.35. The summed E-state index contributed by atoms with van der Waals surface area (Å²) < 4.78 is 27.9. The van der Waals surface area contributed by atoms with Crippen LogP contribution in [0.3, 0.4) is 0 Å². The molecule has 0 unspecified atom stereocenters. The SMILES string of the molecule is CC(C)(N[C@H]1CC[C@H](NC(=O)c2nc(-n3ccnc3)cc3cn[nH]c23)CC1)C(F)F. The summed E-state index contributed by atoms with van der Waals surface area (Å²) in [4.78, 5) is 21.5. The quantitative estimate of drug-likeness (QED) is 0.573. The third kappa shape index (κ3) is 4.18. The summed E-state index contributed by atoms with van der Waals surface area (Å²) >= 11 is 0. The number of H-pyrrole nitrogens is 1. The number of imidazole rings is 1. The maximum Gasteiger partial charge on any atom is 0.272 e. The van der Waals surface area contributed by atoms with Gasteiger partial charge in [0.15, 0.2) is 5.69 Å². The normalized spacial score (nSPS) is 20.0. The minimum Gasteiger partial charge on any atom is -0.348 e. The van der Waals surface area contributed by atoms with Crippen molar-refractivity contribution in [3.63, 3.8) is 0 Å². The van der Waals surface area contributed by atoms with Crippen LogP contribution in [0.5, 0.6) is 0 Å². The second kappa shape index (κ2) is 8.10. The van der Waals surface area contributed by atoms with Crippen LogP contribution in [0.4, 0.5) is 8.78 Å². The third-order valence-electron chi connectivity index (χ3n) is 5.58. The van der Waals surface area contributed by atoms with E-state index in [2.05, 4.69) is 30.8 Å². The van der Waals surface area contributed by atoms with Crippen molar-refractivity contribution >= 4 is 16.8 Å². The van der Waals surface area contributed by atoms with E-state index in [-0.39, 0.29) is 23.7 Å². The summed E-state index contributed by atoms with van der Waals surface area (Å²) in [5.74, 6) is 0.296. The Balaban J connectivity index is 1.44. The molecule has 1 aliphatic carbocycles. The molecule has 4 rings (SSSR count). The van der Waals surface area contributed by atoms with E-state index in [0.29, 0.717) is 11.3 Å². The molecule has 8 nitrogen and oxygen atoms in total. The van der Waals surface area contributed by atoms with Gasteiger partial charge >= 0.3 is 0 Å². The summed E-state index contributed by atoms with van der Waals surface area (Å²) in [7, 11) is 0. The van der Waals surface area contributed by atoms with E-state index in [1.165, 1.54) is 13.8 Å². The number of aromatic amines is 1. The molecule has 1 fully saturated rings. The Morgan fingerprint density at radius 3 is 2.67 bits per heavy atom. The van der Waals surface area contributed by atoms with E-state index in [9.17, 15) is 13.6 Å². The number of aromatic nitrogens is 5. The number of carbonyl (C=O) groups excluding carboxylic acids is 1. The lowest BCUT2D eigenvalue weighted by molar-refractivity contribution is 0.0394. The smallest absolute Gasteiger partial charge is 0.272 e. The molecule has 1 saturated carbocycles. The average Bonchev–Trinajstić information content (AvgIpc) is 3.40. The highest BCUT2D eigenvalue weighted by molar-refractivity contribution is 6.04. The van der Waals surface area contributed by atoms with Crippen molar-refractivity contribution in [3.8, 4) is 5.82 Å². The Labute approximate surface area is 172 Å². The molecule has 30 heavy (non-hydrogen) atoms. The van der Waals surface area contributed by atoms with Gasteiger partial charge in [0.2, 0.25) is 0 Å². The number of alkyl halides is 2. The molecule has 160 valence electrons. The van der Waals surface area contributed by atoms with Crippen LogP contribution >= 0.6 is 0 Å². The molecule has 0 radical (unpaired) electrons. The van der Waals surface area contributed by atoms with Crippen LogP contribution in [0.1, 0.15) is 50.0 Å². The molecule has 0 atom stereocenters. The zero-order valence-corrected chi connectivity index (χ0v) is 16.9. The minimum absolute atomic E-state index is 0.0177. The first kappa shape index (κ1) is 20.4. The van der Waals surface area contributed by atoms with Gasteiger partial charge in [0.25, 0.3) is 12.3 Å². The highest BCUT2D eigenvalue weighted by Crippen LogP contribution is 2.24. The van der Waals surface area contributed by atoms with Gasteiger partial charge in [-0.15, -0.1) is 0 Å². The molecule has 0 saturated heterocycles. The first-order valence-corrected chi connectivity index (χ1v) is 10.0. The van der Waals surface area contributed by atoms with Crippen LogP contribution in [0.2, 0.25) is 0 Å². The molecule has 0 spiro atoms. The van der Waals surface area contributed by atoms with Gasteiger partial charge < -0.3 is 10.6 Å². The zero-order valence-electron chi connectivity index (χ0n) is 16.9. The molecule has 3 heterocycles. The van der Waals surface area contributed by atoms with Crippen LogP contribution in [0.25, 0.3) is 16.7 Å². The molecular weight excluding hydrogens is 392 g/mol. The molecule has 0 aliphatic heterocycles. The fourth-order valence-electron chi connectivity index (χ4n) is 3.85. The summed E-state index contributed by atoms with van der Waals surface area (Å²) in [6.45, 7) is 3.03. The van der Waals surface area contributed by atoms with Crippen molar-refractivity contribution < 1.29 is 13.6 Å². The van der Waals surface area contributed by atoms with Crippen molar-refractivity contribution in [1.29, 1.82) is 0 Å². The van der Waals surface area contributed by atoms with Gasteiger partial charge in [-0.2, -0.15) is 5.10 Å². The Hall–Kier alpha value is -2.88. The Kier molecular flexibility index (Phi) is 5.50. The predicted octanol–water partition coefficient (Wildman–Crippen LogP) is 2.82. The molecule has 3 aromatic heterocycles. The van der Waals surface area contributed by atoms with Crippen LogP contribution in [0.15, 0.2) is 31.0 Å². The van der Waals surface area contributed by atoms with Crippen molar-refractivity contribution in [2.75, 3.05) is 0 Å². The topological polar surface area (TPSA) is 101 Å². The maximum absolute atomic E-state index is 13.1. The van der Waals surface area contributed by atoms with Gasteiger partial charge in [0.1, 0.15) is 12.1 Å². The second-order valence-electron chi connectivity index (χ2n) is 8.32. The monoisotopic (exact) mass is 417 g/mol. The highest BCUT2D eigenvalue weighted by Gasteiger charge is 2.33.